The predicted molar refractivity (Wildman–Crippen MR) is 73.6 cm³/mol. The van der Waals surface area contributed by atoms with Crippen LogP contribution in [-0.2, 0) is 4.79 Å². The molecule has 0 aliphatic carbocycles. The molecular weight excluding hydrogens is 246 g/mol. The molecule has 0 aliphatic rings. The Labute approximate surface area is 110 Å². The number of anilines is 1. The van der Waals surface area contributed by atoms with E-state index in [1.54, 1.807) is 5.51 Å². The van der Waals surface area contributed by atoms with Crippen molar-refractivity contribution in [2.45, 2.75) is 19.9 Å². The van der Waals surface area contributed by atoms with Crippen LogP contribution in [0.4, 0.5) is 5.69 Å². The van der Waals surface area contributed by atoms with Gasteiger partial charge in [-0.15, -0.1) is 11.3 Å². The Hall–Kier alpha value is -1.88. The summed E-state index contributed by atoms with van der Waals surface area (Å²) in [4.78, 5) is 16.6. The van der Waals surface area contributed by atoms with E-state index in [-0.39, 0.29) is 0 Å². The average molecular weight is 261 g/mol. The molecule has 1 heterocycles. The monoisotopic (exact) mass is 261 g/mol. The number of para-hydroxylation sites is 1. The zero-order valence-electron chi connectivity index (χ0n) is 10.3. The third-order valence-corrected chi connectivity index (χ3v) is 3.77. The fourth-order valence-electron chi connectivity index (χ4n) is 1.74. The Morgan fingerprint density at radius 1 is 1.39 bits per heavy atom. The lowest BCUT2D eigenvalue weighted by Gasteiger charge is -2.17. The molecule has 1 atom stereocenters. The van der Waals surface area contributed by atoms with Crippen molar-refractivity contribution < 1.29 is 4.79 Å². The summed E-state index contributed by atoms with van der Waals surface area (Å²) in [6, 6.07) is 7.27. The molecule has 2 aromatic rings. The number of primary amides is 1. The minimum atomic E-state index is -0.529. The van der Waals surface area contributed by atoms with Crippen LogP contribution in [0.5, 0.6) is 0 Å². The number of aromatic nitrogens is 1. The number of rotatable bonds is 4. The van der Waals surface area contributed by atoms with E-state index >= 15 is 0 Å². The topological polar surface area (TPSA) is 68.0 Å². The quantitative estimate of drug-likeness (QED) is 0.888. The molecular formula is C13H15N3OS. The van der Waals surface area contributed by atoms with Crippen molar-refractivity contribution in [3.63, 3.8) is 0 Å². The molecule has 0 bridgehead atoms. The number of hydrogen-bond donors (Lipinski definition) is 2. The first-order valence-electron chi connectivity index (χ1n) is 5.61. The fourth-order valence-corrected chi connectivity index (χ4v) is 2.60. The summed E-state index contributed by atoms with van der Waals surface area (Å²) in [6.07, 6.45) is 0. The maximum atomic E-state index is 11.6. The molecule has 1 aromatic carbocycles. The van der Waals surface area contributed by atoms with E-state index in [9.17, 15) is 4.79 Å². The molecule has 0 saturated heterocycles. The summed E-state index contributed by atoms with van der Waals surface area (Å²) in [5.74, 6) is -0.398. The van der Waals surface area contributed by atoms with Gasteiger partial charge in [0.1, 0.15) is 6.04 Å². The van der Waals surface area contributed by atoms with Crippen LogP contribution in [0.2, 0.25) is 0 Å². The molecule has 0 spiro atoms. The number of nitrogens with zero attached hydrogens (tertiary/aromatic N) is 1. The third kappa shape index (κ3) is 2.51. The molecule has 5 heteroatoms. The van der Waals surface area contributed by atoms with Gasteiger partial charge in [0, 0.05) is 5.69 Å². The van der Waals surface area contributed by atoms with Gasteiger partial charge in [-0.1, -0.05) is 18.2 Å². The van der Waals surface area contributed by atoms with Crippen molar-refractivity contribution in [3.05, 3.63) is 45.9 Å². The molecule has 0 saturated carbocycles. The predicted octanol–water partition coefficient (Wildman–Crippen LogP) is 2.40. The van der Waals surface area contributed by atoms with Crippen molar-refractivity contribution in [3.8, 4) is 0 Å². The van der Waals surface area contributed by atoms with E-state index in [4.69, 9.17) is 5.73 Å². The Balaban J connectivity index is 2.31. The molecule has 94 valence electrons. The van der Waals surface area contributed by atoms with Gasteiger partial charge in [-0.3, -0.25) is 4.79 Å². The van der Waals surface area contributed by atoms with E-state index in [0.717, 1.165) is 21.8 Å². The normalized spacial score (nSPS) is 12.1. The van der Waals surface area contributed by atoms with Gasteiger partial charge in [0.25, 0.3) is 0 Å². The van der Waals surface area contributed by atoms with Crippen molar-refractivity contribution in [2.24, 2.45) is 5.73 Å². The number of benzene rings is 1. The van der Waals surface area contributed by atoms with E-state index in [2.05, 4.69) is 10.3 Å². The molecule has 1 unspecified atom stereocenters. The largest absolute Gasteiger partial charge is 0.369 e. The van der Waals surface area contributed by atoms with Crippen LogP contribution in [0, 0.1) is 13.8 Å². The molecule has 1 aromatic heterocycles. The molecule has 3 N–H and O–H groups in total. The van der Waals surface area contributed by atoms with Gasteiger partial charge in [-0.25, -0.2) is 4.98 Å². The molecule has 2 rings (SSSR count). The lowest BCUT2D eigenvalue weighted by Crippen LogP contribution is -2.27. The number of thiazole rings is 1. The van der Waals surface area contributed by atoms with Crippen molar-refractivity contribution in [1.82, 2.24) is 4.98 Å². The number of carbonyl (C=O) groups excluding carboxylic acids is 1. The highest BCUT2D eigenvalue weighted by Crippen LogP contribution is 2.26. The smallest absolute Gasteiger partial charge is 0.245 e. The van der Waals surface area contributed by atoms with Crippen molar-refractivity contribution in [1.29, 1.82) is 0 Å². The first-order valence-corrected chi connectivity index (χ1v) is 6.49. The average Bonchev–Trinajstić information content (AvgIpc) is 2.74. The van der Waals surface area contributed by atoms with Gasteiger partial charge in [0.2, 0.25) is 5.91 Å². The zero-order valence-corrected chi connectivity index (χ0v) is 11.1. The van der Waals surface area contributed by atoms with E-state index < -0.39 is 11.9 Å². The van der Waals surface area contributed by atoms with Crippen LogP contribution in [-0.4, -0.2) is 10.9 Å². The molecule has 1 amide bonds. The zero-order chi connectivity index (χ0) is 13.1. The van der Waals surface area contributed by atoms with Gasteiger partial charge >= 0.3 is 0 Å². The lowest BCUT2D eigenvalue weighted by molar-refractivity contribution is -0.118. The van der Waals surface area contributed by atoms with Gasteiger partial charge < -0.3 is 11.1 Å². The Morgan fingerprint density at radius 3 is 2.67 bits per heavy atom. The molecule has 0 aliphatic heterocycles. The Bertz CT molecular complexity index is 565. The van der Waals surface area contributed by atoms with Crippen LogP contribution in [0.15, 0.2) is 29.8 Å². The minimum Gasteiger partial charge on any atom is -0.369 e. The van der Waals surface area contributed by atoms with Crippen molar-refractivity contribution in [2.75, 3.05) is 5.32 Å². The first-order chi connectivity index (χ1) is 8.59. The Morgan fingerprint density at radius 2 is 2.11 bits per heavy atom. The molecule has 18 heavy (non-hydrogen) atoms. The summed E-state index contributed by atoms with van der Waals surface area (Å²) in [5.41, 5.74) is 10.0. The van der Waals surface area contributed by atoms with Crippen LogP contribution in [0.3, 0.4) is 0 Å². The van der Waals surface area contributed by atoms with Gasteiger partial charge in [-0.05, 0) is 25.5 Å². The van der Waals surface area contributed by atoms with E-state index in [0.29, 0.717) is 0 Å². The van der Waals surface area contributed by atoms with Gasteiger partial charge in [0.15, 0.2) is 0 Å². The SMILES string of the molecule is Cc1ccccc1NC(C(N)=O)c1scnc1C. The summed E-state index contributed by atoms with van der Waals surface area (Å²) in [5, 5.41) is 3.19. The first kappa shape index (κ1) is 12.6. The minimum absolute atomic E-state index is 0.398. The maximum absolute atomic E-state index is 11.6. The summed E-state index contributed by atoms with van der Waals surface area (Å²) in [7, 11) is 0. The highest BCUT2D eigenvalue weighted by Gasteiger charge is 2.22. The van der Waals surface area contributed by atoms with E-state index in [1.165, 1.54) is 11.3 Å². The lowest BCUT2D eigenvalue weighted by atomic mass is 10.1. The fraction of sp³-hybridized carbons (Fsp3) is 0.231. The summed E-state index contributed by atoms with van der Waals surface area (Å²) in [6.45, 7) is 3.86. The molecule has 4 nitrogen and oxygen atoms in total. The summed E-state index contributed by atoms with van der Waals surface area (Å²) < 4.78 is 0. The standard InChI is InChI=1S/C13H15N3OS/c1-8-5-3-4-6-10(8)16-11(13(14)17)12-9(2)15-7-18-12/h3-7,11,16H,1-2H3,(H2,14,17). The number of hydrogen-bond acceptors (Lipinski definition) is 4. The number of carbonyl (C=O) groups is 1. The van der Waals surface area contributed by atoms with Crippen LogP contribution >= 0.6 is 11.3 Å². The highest BCUT2D eigenvalue weighted by molar-refractivity contribution is 7.10. The van der Waals surface area contributed by atoms with Crippen LogP contribution < -0.4 is 11.1 Å². The van der Waals surface area contributed by atoms with Gasteiger partial charge in [-0.2, -0.15) is 0 Å². The number of aryl methyl sites for hydroxylation is 2. The highest BCUT2D eigenvalue weighted by atomic mass is 32.1. The number of nitrogens with one attached hydrogen (secondary N) is 1. The van der Waals surface area contributed by atoms with Crippen molar-refractivity contribution >= 4 is 22.9 Å². The van der Waals surface area contributed by atoms with E-state index in [1.807, 2.05) is 38.1 Å². The third-order valence-electron chi connectivity index (χ3n) is 2.77. The second-order valence-electron chi connectivity index (χ2n) is 4.10. The summed E-state index contributed by atoms with van der Waals surface area (Å²) >= 11 is 1.44. The molecule has 0 radical (unpaired) electrons. The van der Waals surface area contributed by atoms with Crippen LogP contribution in [0.1, 0.15) is 22.2 Å². The molecule has 0 fully saturated rings. The Kier molecular flexibility index (Phi) is 3.62. The maximum Gasteiger partial charge on any atom is 0.245 e. The second-order valence-corrected chi connectivity index (χ2v) is 4.98. The van der Waals surface area contributed by atoms with Crippen LogP contribution in [0.25, 0.3) is 0 Å². The number of nitrogens with two attached hydrogens (primary N) is 1. The van der Waals surface area contributed by atoms with Gasteiger partial charge in [0.05, 0.1) is 16.1 Å². The second kappa shape index (κ2) is 5.18. The number of amides is 1.